The van der Waals surface area contributed by atoms with Gasteiger partial charge < -0.3 is 14.2 Å². The molecular formula is C55H98O5. The van der Waals surface area contributed by atoms with Crippen LogP contribution in [-0.4, -0.2) is 37.9 Å². The van der Waals surface area contributed by atoms with Crippen molar-refractivity contribution in [1.82, 2.24) is 0 Å². The van der Waals surface area contributed by atoms with Gasteiger partial charge in [0.05, 0.1) is 6.61 Å². The van der Waals surface area contributed by atoms with Crippen molar-refractivity contribution >= 4 is 11.9 Å². The van der Waals surface area contributed by atoms with Gasteiger partial charge in [-0.1, -0.05) is 216 Å². The SMILES string of the molecule is CC/C=C\C/C=C\C/C=C\CCCCCCCCCC(=O)OCC(COCCCCCCCCCCCC/C=C\C/C=C\CCCCC)OC(=O)CCCCCCCCC. The Hall–Kier alpha value is -2.40. The molecule has 0 aromatic carbocycles. The first-order valence-electron chi connectivity index (χ1n) is 25.8. The molecule has 0 aromatic heterocycles. The van der Waals surface area contributed by atoms with Crippen molar-refractivity contribution in [1.29, 1.82) is 0 Å². The molecule has 0 saturated heterocycles. The minimum atomic E-state index is -0.538. The van der Waals surface area contributed by atoms with Crippen LogP contribution in [0.3, 0.4) is 0 Å². The van der Waals surface area contributed by atoms with E-state index in [9.17, 15) is 9.59 Å². The topological polar surface area (TPSA) is 61.8 Å². The first-order chi connectivity index (χ1) is 29.6. The van der Waals surface area contributed by atoms with Crippen LogP contribution in [0.25, 0.3) is 0 Å². The molecule has 0 aliphatic carbocycles. The van der Waals surface area contributed by atoms with Crippen LogP contribution in [0, 0.1) is 0 Å². The molecule has 1 atom stereocenters. The van der Waals surface area contributed by atoms with E-state index in [0.29, 0.717) is 19.4 Å². The third-order valence-corrected chi connectivity index (χ3v) is 11.0. The predicted molar refractivity (Wildman–Crippen MR) is 261 cm³/mol. The standard InChI is InChI=1S/C55H98O5/c1-4-7-10-13-16-18-20-22-24-26-27-28-30-32-34-36-38-41-44-47-50-58-51-53(60-55(57)49-46-43-39-15-12-9-6-3)52-59-54(56)48-45-42-40-37-35-33-31-29-25-23-21-19-17-14-11-8-5-2/h8,11,16-19,22-25,53H,4-7,9-10,12-15,20-21,26-52H2,1-3H3/b11-8-,18-16-,19-17-,24-22-,25-23-. The molecule has 0 aliphatic rings. The van der Waals surface area contributed by atoms with Gasteiger partial charge in [-0.05, 0) is 83.5 Å². The molecule has 60 heavy (non-hydrogen) atoms. The fourth-order valence-electron chi connectivity index (χ4n) is 7.20. The molecule has 0 aromatic rings. The molecule has 0 rings (SSSR count). The Balaban J connectivity index is 4.10. The number of hydrogen-bond acceptors (Lipinski definition) is 5. The highest BCUT2D eigenvalue weighted by Crippen LogP contribution is 2.14. The van der Waals surface area contributed by atoms with Gasteiger partial charge in [0.2, 0.25) is 0 Å². The van der Waals surface area contributed by atoms with Crippen molar-refractivity contribution in [3.8, 4) is 0 Å². The maximum absolute atomic E-state index is 12.7. The predicted octanol–water partition coefficient (Wildman–Crippen LogP) is 17.3. The summed E-state index contributed by atoms with van der Waals surface area (Å²) in [6.07, 6.45) is 63.8. The normalized spacial score (nSPS) is 12.7. The number of carbonyl (C=O) groups is 2. The quantitative estimate of drug-likeness (QED) is 0.0347. The molecule has 0 spiro atoms. The van der Waals surface area contributed by atoms with E-state index in [1.54, 1.807) is 0 Å². The van der Waals surface area contributed by atoms with E-state index < -0.39 is 6.10 Å². The van der Waals surface area contributed by atoms with Crippen molar-refractivity contribution in [2.75, 3.05) is 19.8 Å². The summed E-state index contributed by atoms with van der Waals surface area (Å²) >= 11 is 0. The molecule has 348 valence electrons. The summed E-state index contributed by atoms with van der Waals surface area (Å²) in [7, 11) is 0. The molecule has 0 heterocycles. The van der Waals surface area contributed by atoms with Crippen LogP contribution < -0.4 is 0 Å². The zero-order valence-electron chi connectivity index (χ0n) is 40.0. The zero-order chi connectivity index (χ0) is 43.5. The Bertz CT molecular complexity index is 1040. The number of unbranched alkanes of at least 4 members (excludes halogenated alkanes) is 26. The van der Waals surface area contributed by atoms with Crippen molar-refractivity contribution in [2.24, 2.45) is 0 Å². The lowest BCUT2D eigenvalue weighted by Crippen LogP contribution is -2.30. The van der Waals surface area contributed by atoms with Crippen molar-refractivity contribution in [2.45, 2.75) is 258 Å². The summed E-state index contributed by atoms with van der Waals surface area (Å²) in [5.74, 6) is -0.410. The van der Waals surface area contributed by atoms with E-state index in [2.05, 4.69) is 81.5 Å². The summed E-state index contributed by atoms with van der Waals surface area (Å²) in [4.78, 5) is 25.2. The van der Waals surface area contributed by atoms with Gasteiger partial charge in [0.1, 0.15) is 6.61 Å². The highest BCUT2D eigenvalue weighted by atomic mass is 16.6. The Labute approximate surface area is 373 Å². The van der Waals surface area contributed by atoms with Gasteiger partial charge in [0.15, 0.2) is 6.10 Å². The number of allylic oxidation sites excluding steroid dienone is 10. The van der Waals surface area contributed by atoms with E-state index in [0.717, 1.165) is 77.0 Å². The third kappa shape index (κ3) is 48.3. The second kappa shape index (κ2) is 51.0. The van der Waals surface area contributed by atoms with Gasteiger partial charge in [-0.2, -0.15) is 0 Å². The van der Waals surface area contributed by atoms with Crippen LogP contribution in [0.4, 0.5) is 0 Å². The lowest BCUT2D eigenvalue weighted by atomic mass is 10.1. The highest BCUT2D eigenvalue weighted by Gasteiger charge is 2.17. The maximum atomic E-state index is 12.7. The molecule has 1 unspecified atom stereocenters. The second-order valence-electron chi connectivity index (χ2n) is 17.0. The average Bonchev–Trinajstić information content (AvgIpc) is 3.25. The summed E-state index contributed by atoms with van der Waals surface area (Å²) in [5, 5.41) is 0. The van der Waals surface area contributed by atoms with Crippen molar-refractivity contribution in [3.05, 3.63) is 60.8 Å². The number of hydrogen-bond donors (Lipinski definition) is 0. The second-order valence-corrected chi connectivity index (χ2v) is 17.0. The minimum Gasteiger partial charge on any atom is -0.462 e. The molecule has 0 aliphatic heterocycles. The van der Waals surface area contributed by atoms with Crippen LogP contribution in [0.5, 0.6) is 0 Å². The third-order valence-electron chi connectivity index (χ3n) is 11.0. The number of rotatable bonds is 47. The number of carbonyl (C=O) groups excluding carboxylic acids is 2. The fourth-order valence-corrected chi connectivity index (χ4v) is 7.20. The highest BCUT2D eigenvalue weighted by molar-refractivity contribution is 5.70. The molecule has 0 amide bonds. The van der Waals surface area contributed by atoms with E-state index in [4.69, 9.17) is 14.2 Å². The van der Waals surface area contributed by atoms with Crippen molar-refractivity contribution < 1.29 is 23.8 Å². The smallest absolute Gasteiger partial charge is 0.306 e. The lowest BCUT2D eigenvalue weighted by Gasteiger charge is -2.18. The van der Waals surface area contributed by atoms with Crippen molar-refractivity contribution in [3.63, 3.8) is 0 Å². The fraction of sp³-hybridized carbons (Fsp3) is 0.782. The average molecular weight is 839 g/mol. The van der Waals surface area contributed by atoms with Crippen LogP contribution in [0.15, 0.2) is 60.8 Å². The molecule has 5 nitrogen and oxygen atoms in total. The maximum Gasteiger partial charge on any atom is 0.306 e. The Morgan fingerprint density at radius 2 is 0.750 bits per heavy atom. The number of esters is 2. The summed E-state index contributed by atoms with van der Waals surface area (Å²) in [6.45, 7) is 7.66. The zero-order valence-corrected chi connectivity index (χ0v) is 40.0. The van der Waals surface area contributed by atoms with E-state index in [1.165, 1.54) is 141 Å². The van der Waals surface area contributed by atoms with Crippen LogP contribution in [-0.2, 0) is 23.8 Å². The molecule has 0 saturated carbocycles. The molecule has 0 bridgehead atoms. The van der Waals surface area contributed by atoms with Crippen LogP contribution in [0.1, 0.15) is 252 Å². The van der Waals surface area contributed by atoms with Gasteiger partial charge in [-0.3, -0.25) is 9.59 Å². The molecule has 0 N–H and O–H groups in total. The Kier molecular flexibility index (Phi) is 48.9. The van der Waals surface area contributed by atoms with Gasteiger partial charge >= 0.3 is 11.9 Å². The van der Waals surface area contributed by atoms with Crippen LogP contribution in [0.2, 0.25) is 0 Å². The first kappa shape index (κ1) is 57.6. The molecule has 0 fully saturated rings. The van der Waals surface area contributed by atoms with Gasteiger partial charge in [-0.15, -0.1) is 0 Å². The molecular weight excluding hydrogens is 741 g/mol. The summed E-state index contributed by atoms with van der Waals surface area (Å²) in [5.41, 5.74) is 0. The lowest BCUT2D eigenvalue weighted by molar-refractivity contribution is -0.163. The number of ether oxygens (including phenoxy) is 3. The Morgan fingerprint density at radius 3 is 1.23 bits per heavy atom. The molecule has 5 heteroatoms. The summed E-state index contributed by atoms with van der Waals surface area (Å²) < 4.78 is 17.3. The minimum absolute atomic E-state index is 0.0795. The van der Waals surface area contributed by atoms with E-state index in [-0.39, 0.29) is 25.2 Å². The summed E-state index contributed by atoms with van der Waals surface area (Å²) in [6, 6.07) is 0. The van der Waals surface area contributed by atoms with E-state index in [1.807, 2.05) is 0 Å². The largest absolute Gasteiger partial charge is 0.462 e. The monoisotopic (exact) mass is 839 g/mol. The molecule has 0 radical (unpaired) electrons. The van der Waals surface area contributed by atoms with Gasteiger partial charge in [-0.25, -0.2) is 0 Å². The van der Waals surface area contributed by atoms with Crippen LogP contribution >= 0.6 is 0 Å². The van der Waals surface area contributed by atoms with Gasteiger partial charge in [0.25, 0.3) is 0 Å². The Morgan fingerprint density at radius 1 is 0.383 bits per heavy atom. The van der Waals surface area contributed by atoms with E-state index >= 15 is 0 Å². The van der Waals surface area contributed by atoms with Gasteiger partial charge in [0, 0.05) is 19.4 Å². The first-order valence-corrected chi connectivity index (χ1v) is 25.8.